The average Bonchev–Trinajstić information content (AvgIpc) is 2.32. The molecule has 1 N–H and O–H groups in total. The number of hydrazone groups is 1. The zero-order valence-corrected chi connectivity index (χ0v) is 10.2. The average molecular weight is 267 g/mol. The number of benzene rings is 1. The van der Waals surface area contributed by atoms with E-state index >= 15 is 0 Å². The third-order valence-electron chi connectivity index (χ3n) is 1.87. The second-order valence-electron chi connectivity index (χ2n) is 3.15. The summed E-state index contributed by atoms with van der Waals surface area (Å²) in [6, 6.07) is 7.30. The van der Waals surface area contributed by atoms with Crippen LogP contribution in [0.15, 0.2) is 41.8 Å². The second-order valence-corrected chi connectivity index (χ2v) is 3.97. The molecule has 0 saturated carbocycles. The van der Waals surface area contributed by atoms with E-state index in [1.165, 1.54) is 12.4 Å². The minimum Gasteiger partial charge on any atom is -0.260 e. The van der Waals surface area contributed by atoms with Crippen LogP contribution in [0.4, 0.5) is 5.82 Å². The molecule has 2 rings (SSSR count). The Bertz CT molecular complexity index is 525. The van der Waals surface area contributed by atoms with Crippen molar-refractivity contribution >= 4 is 35.2 Å². The lowest BCUT2D eigenvalue weighted by Gasteiger charge is -1.98. The van der Waals surface area contributed by atoms with Crippen LogP contribution in [0.3, 0.4) is 0 Å². The van der Waals surface area contributed by atoms with Gasteiger partial charge >= 0.3 is 0 Å². The van der Waals surface area contributed by atoms with Crippen LogP contribution in [0.25, 0.3) is 0 Å². The molecule has 2 aromatic rings. The molecule has 1 aromatic heterocycles. The van der Waals surface area contributed by atoms with Gasteiger partial charge in [0.1, 0.15) is 5.15 Å². The van der Waals surface area contributed by atoms with Crippen molar-refractivity contribution in [2.45, 2.75) is 0 Å². The maximum Gasteiger partial charge on any atom is 0.166 e. The van der Waals surface area contributed by atoms with E-state index in [9.17, 15) is 0 Å². The Hall–Kier alpha value is -1.65. The summed E-state index contributed by atoms with van der Waals surface area (Å²) in [5.74, 6) is 0.489. The fourth-order valence-electron chi connectivity index (χ4n) is 1.12. The van der Waals surface area contributed by atoms with E-state index in [4.69, 9.17) is 23.2 Å². The molecule has 0 saturated heterocycles. The van der Waals surface area contributed by atoms with Crippen LogP contribution >= 0.6 is 23.2 Å². The zero-order valence-electron chi connectivity index (χ0n) is 8.64. The normalized spacial score (nSPS) is 10.7. The van der Waals surface area contributed by atoms with Crippen LogP contribution in [-0.4, -0.2) is 16.2 Å². The minimum atomic E-state index is 0.316. The highest BCUT2D eigenvalue weighted by molar-refractivity contribution is 6.30. The molecule has 4 nitrogen and oxygen atoms in total. The number of rotatable bonds is 3. The van der Waals surface area contributed by atoms with Crippen LogP contribution in [0.2, 0.25) is 10.2 Å². The summed E-state index contributed by atoms with van der Waals surface area (Å²) in [7, 11) is 0. The Balaban J connectivity index is 2.00. The molecule has 0 unspecified atom stereocenters. The van der Waals surface area contributed by atoms with Crippen molar-refractivity contribution in [1.82, 2.24) is 9.97 Å². The second kappa shape index (κ2) is 5.61. The van der Waals surface area contributed by atoms with Gasteiger partial charge in [0, 0.05) is 5.02 Å². The lowest BCUT2D eigenvalue weighted by molar-refractivity contribution is 1.16. The molecule has 1 aromatic carbocycles. The maximum atomic E-state index is 5.77. The summed E-state index contributed by atoms with van der Waals surface area (Å²) < 4.78 is 0. The van der Waals surface area contributed by atoms with Crippen molar-refractivity contribution in [1.29, 1.82) is 0 Å². The zero-order chi connectivity index (χ0) is 12.1. The van der Waals surface area contributed by atoms with Gasteiger partial charge in [0.05, 0.1) is 18.6 Å². The van der Waals surface area contributed by atoms with Gasteiger partial charge in [0.25, 0.3) is 0 Å². The van der Waals surface area contributed by atoms with Gasteiger partial charge in [-0.1, -0.05) is 35.3 Å². The van der Waals surface area contributed by atoms with Gasteiger partial charge in [0.2, 0.25) is 0 Å². The highest BCUT2D eigenvalue weighted by Gasteiger charge is 1.93. The van der Waals surface area contributed by atoms with Crippen molar-refractivity contribution in [3.63, 3.8) is 0 Å². The molecular weight excluding hydrogens is 259 g/mol. The summed E-state index contributed by atoms with van der Waals surface area (Å²) in [5, 5.41) is 5.01. The highest BCUT2D eigenvalue weighted by Crippen LogP contribution is 2.08. The molecule has 86 valence electrons. The number of nitrogens with one attached hydrogen (secondary N) is 1. The first-order chi connectivity index (χ1) is 8.24. The topological polar surface area (TPSA) is 50.2 Å². The summed E-state index contributed by atoms with van der Waals surface area (Å²) in [6.07, 6.45) is 4.64. The highest BCUT2D eigenvalue weighted by atomic mass is 35.5. The predicted octanol–water partition coefficient (Wildman–Crippen LogP) is 3.23. The van der Waals surface area contributed by atoms with Crippen molar-refractivity contribution in [2.75, 3.05) is 5.43 Å². The first kappa shape index (κ1) is 11.8. The predicted molar refractivity (Wildman–Crippen MR) is 69.7 cm³/mol. The Kier molecular flexibility index (Phi) is 3.90. The minimum absolute atomic E-state index is 0.316. The fourth-order valence-corrected chi connectivity index (χ4v) is 1.39. The number of hydrogen-bond donors (Lipinski definition) is 1. The lowest BCUT2D eigenvalue weighted by atomic mass is 10.2. The van der Waals surface area contributed by atoms with Crippen molar-refractivity contribution in [2.24, 2.45) is 5.10 Å². The van der Waals surface area contributed by atoms with E-state index in [1.807, 2.05) is 12.1 Å². The van der Waals surface area contributed by atoms with Gasteiger partial charge in [-0.05, 0) is 17.7 Å². The Morgan fingerprint density at radius 3 is 2.59 bits per heavy atom. The van der Waals surface area contributed by atoms with Crippen LogP contribution in [0, 0.1) is 0 Å². The van der Waals surface area contributed by atoms with E-state index in [0.717, 1.165) is 5.56 Å². The molecule has 17 heavy (non-hydrogen) atoms. The largest absolute Gasteiger partial charge is 0.260 e. The number of halogens is 2. The molecule has 0 spiro atoms. The van der Waals surface area contributed by atoms with Gasteiger partial charge in [-0.3, -0.25) is 10.4 Å². The quantitative estimate of drug-likeness (QED) is 0.686. The Morgan fingerprint density at radius 2 is 1.88 bits per heavy atom. The summed E-state index contributed by atoms with van der Waals surface area (Å²) >= 11 is 11.4. The van der Waals surface area contributed by atoms with E-state index in [2.05, 4.69) is 20.5 Å². The molecule has 0 bridgehead atoms. The van der Waals surface area contributed by atoms with Crippen LogP contribution in [0.5, 0.6) is 0 Å². The molecule has 0 aliphatic rings. The maximum absolute atomic E-state index is 5.77. The number of anilines is 1. The van der Waals surface area contributed by atoms with E-state index in [1.54, 1.807) is 18.3 Å². The summed E-state index contributed by atoms with van der Waals surface area (Å²) in [6.45, 7) is 0. The SMILES string of the molecule is Clc1ccc(C=NNc2cncc(Cl)n2)cc1. The van der Waals surface area contributed by atoms with Gasteiger partial charge in [0.15, 0.2) is 5.82 Å². The van der Waals surface area contributed by atoms with Crippen LogP contribution in [0.1, 0.15) is 5.56 Å². The first-order valence-corrected chi connectivity index (χ1v) is 5.52. The van der Waals surface area contributed by atoms with Crippen LogP contribution < -0.4 is 5.43 Å². The molecule has 0 radical (unpaired) electrons. The lowest BCUT2D eigenvalue weighted by Crippen LogP contribution is -1.94. The smallest absolute Gasteiger partial charge is 0.166 e. The Morgan fingerprint density at radius 1 is 1.12 bits per heavy atom. The van der Waals surface area contributed by atoms with Crippen molar-refractivity contribution in [3.05, 3.63) is 52.4 Å². The summed E-state index contributed by atoms with van der Waals surface area (Å²) in [5.41, 5.74) is 3.65. The van der Waals surface area contributed by atoms with E-state index in [-0.39, 0.29) is 0 Å². The molecule has 1 heterocycles. The molecule has 0 amide bonds. The third-order valence-corrected chi connectivity index (χ3v) is 2.30. The van der Waals surface area contributed by atoms with E-state index < -0.39 is 0 Å². The van der Waals surface area contributed by atoms with Crippen LogP contribution in [-0.2, 0) is 0 Å². The summed E-state index contributed by atoms with van der Waals surface area (Å²) in [4.78, 5) is 7.85. The van der Waals surface area contributed by atoms with Gasteiger partial charge < -0.3 is 0 Å². The first-order valence-electron chi connectivity index (χ1n) is 4.76. The number of hydrogen-bond acceptors (Lipinski definition) is 4. The molecule has 0 aliphatic carbocycles. The number of aromatic nitrogens is 2. The van der Waals surface area contributed by atoms with Gasteiger partial charge in [-0.2, -0.15) is 5.10 Å². The monoisotopic (exact) mass is 266 g/mol. The number of nitrogens with zero attached hydrogens (tertiary/aromatic N) is 3. The van der Waals surface area contributed by atoms with Crippen molar-refractivity contribution in [3.8, 4) is 0 Å². The molecule has 0 aliphatic heterocycles. The molecule has 6 heteroatoms. The van der Waals surface area contributed by atoms with Gasteiger partial charge in [-0.15, -0.1) is 0 Å². The van der Waals surface area contributed by atoms with Gasteiger partial charge in [-0.25, -0.2) is 4.98 Å². The van der Waals surface area contributed by atoms with Crippen molar-refractivity contribution < 1.29 is 0 Å². The molecule has 0 atom stereocenters. The third kappa shape index (κ3) is 3.69. The fraction of sp³-hybridized carbons (Fsp3) is 0. The standard InChI is InChI=1S/C11H8Cl2N4/c12-9-3-1-8(2-4-9)5-15-17-11-7-14-6-10(13)16-11/h1-7H,(H,16,17). The Labute approximate surface area is 108 Å². The molecule has 0 fully saturated rings. The molecular formula is C11H8Cl2N4. The van der Waals surface area contributed by atoms with E-state index in [0.29, 0.717) is 16.0 Å².